The molecule has 0 fully saturated rings. The van der Waals surface area contributed by atoms with Crippen LogP contribution in [0.3, 0.4) is 0 Å². The maximum atomic E-state index is 12.4. The third-order valence-corrected chi connectivity index (χ3v) is 5.33. The highest BCUT2D eigenvalue weighted by Gasteiger charge is 2.13. The van der Waals surface area contributed by atoms with Gasteiger partial charge in [-0.15, -0.1) is 0 Å². The molecular formula is C25H22BrN3O6. The molecule has 9 nitrogen and oxygen atoms in total. The molecule has 2 N–H and O–H groups in total. The Kier molecular flexibility index (Phi) is 8.96. The van der Waals surface area contributed by atoms with Crippen LogP contribution < -0.4 is 25.0 Å². The Balaban J connectivity index is 1.48. The van der Waals surface area contributed by atoms with Crippen molar-refractivity contribution >= 4 is 39.9 Å². The number of esters is 1. The average Bonchev–Trinajstić information content (AvgIpc) is 2.88. The average molecular weight is 540 g/mol. The van der Waals surface area contributed by atoms with E-state index in [1.54, 1.807) is 60.7 Å². The van der Waals surface area contributed by atoms with Gasteiger partial charge in [0.15, 0.2) is 11.5 Å². The van der Waals surface area contributed by atoms with Gasteiger partial charge in [-0.25, -0.2) is 10.2 Å². The number of benzene rings is 3. The fourth-order valence-electron chi connectivity index (χ4n) is 2.87. The lowest BCUT2D eigenvalue weighted by Crippen LogP contribution is -2.35. The highest BCUT2D eigenvalue weighted by molar-refractivity contribution is 9.10. The van der Waals surface area contributed by atoms with Crippen molar-refractivity contribution in [3.8, 4) is 17.2 Å². The summed E-state index contributed by atoms with van der Waals surface area (Å²) < 4.78 is 16.4. The van der Waals surface area contributed by atoms with Gasteiger partial charge in [-0.2, -0.15) is 5.10 Å². The van der Waals surface area contributed by atoms with Gasteiger partial charge in [-0.05, 0) is 76.1 Å². The molecule has 0 aliphatic rings. The second-order valence-corrected chi connectivity index (χ2v) is 7.84. The molecule has 0 bridgehead atoms. The lowest BCUT2D eigenvalue weighted by atomic mass is 10.2. The number of methoxy groups -OCH3 is 2. The predicted molar refractivity (Wildman–Crippen MR) is 133 cm³/mol. The quantitative estimate of drug-likeness (QED) is 0.186. The molecule has 0 heterocycles. The summed E-state index contributed by atoms with van der Waals surface area (Å²) in [6.45, 7) is -0.234. The zero-order valence-electron chi connectivity index (χ0n) is 18.9. The van der Waals surface area contributed by atoms with Gasteiger partial charge >= 0.3 is 5.97 Å². The number of ether oxygens (including phenoxy) is 3. The van der Waals surface area contributed by atoms with Crippen LogP contribution in [0.2, 0.25) is 0 Å². The predicted octanol–water partition coefficient (Wildman–Crippen LogP) is 3.57. The van der Waals surface area contributed by atoms with Crippen molar-refractivity contribution in [2.75, 3.05) is 20.8 Å². The molecule has 2 amide bonds. The van der Waals surface area contributed by atoms with E-state index in [-0.39, 0.29) is 12.5 Å². The van der Waals surface area contributed by atoms with Crippen molar-refractivity contribution in [3.05, 3.63) is 87.9 Å². The number of hydrazone groups is 1. The molecule has 3 aromatic carbocycles. The Morgan fingerprint density at radius 3 is 2.34 bits per heavy atom. The number of nitrogens with zero attached hydrogens (tertiary/aromatic N) is 1. The lowest BCUT2D eigenvalue weighted by Gasteiger charge is -2.09. The van der Waals surface area contributed by atoms with Gasteiger partial charge in [0.25, 0.3) is 11.8 Å². The fraction of sp³-hybridized carbons (Fsp3) is 0.120. The molecule has 10 heteroatoms. The topological polar surface area (TPSA) is 115 Å². The largest absolute Gasteiger partial charge is 0.493 e. The molecule has 0 saturated carbocycles. The monoisotopic (exact) mass is 539 g/mol. The van der Waals surface area contributed by atoms with E-state index in [9.17, 15) is 14.4 Å². The minimum atomic E-state index is -0.552. The lowest BCUT2D eigenvalue weighted by molar-refractivity contribution is -0.120. The first-order chi connectivity index (χ1) is 16.9. The van der Waals surface area contributed by atoms with E-state index in [0.29, 0.717) is 38.4 Å². The van der Waals surface area contributed by atoms with E-state index < -0.39 is 11.9 Å². The molecule has 35 heavy (non-hydrogen) atoms. The standard InChI is InChI=1S/C25H22BrN3O6/c1-33-21-12-9-17(13-22(21)34-2)25(32)35-18-10-7-16(8-11-18)14-28-29-23(30)15-27-24(31)19-5-3-4-6-20(19)26/h3-14H,15H2,1-2H3,(H,27,31)(H,29,30)/b28-14+. The molecule has 180 valence electrons. The summed E-state index contributed by atoms with van der Waals surface area (Å²) in [5, 5.41) is 6.39. The van der Waals surface area contributed by atoms with Gasteiger partial charge in [-0.1, -0.05) is 12.1 Å². The van der Waals surface area contributed by atoms with Crippen molar-refractivity contribution in [1.29, 1.82) is 0 Å². The highest BCUT2D eigenvalue weighted by atomic mass is 79.9. The van der Waals surface area contributed by atoms with Crippen molar-refractivity contribution in [2.45, 2.75) is 0 Å². The summed E-state index contributed by atoms with van der Waals surface area (Å²) in [5.41, 5.74) is 3.73. The summed E-state index contributed by atoms with van der Waals surface area (Å²) in [5.74, 6) is -0.156. The third-order valence-electron chi connectivity index (χ3n) is 4.64. The first kappa shape index (κ1) is 25.4. The fourth-order valence-corrected chi connectivity index (χ4v) is 3.34. The summed E-state index contributed by atoms with van der Waals surface area (Å²) in [6, 6.07) is 18.2. The molecule has 0 unspecified atom stereocenters. The molecule has 0 atom stereocenters. The summed E-state index contributed by atoms with van der Waals surface area (Å²) in [7, 11) is 2.99. The Morgan fingerprint density at radius 1 is 0.943 bits per heavy atom. The van der Waals surface area contributed by atoms with Crippen molar-refractivity contribution < 1.29 is 28.6 Å². The first-order valence-corrected chi connectivity index (χ1v) is 11.1. The van der Waals surface area contributed by atoms with Crippen molar-refractivity contribution in [2.24, 2.45) is 5.10 Å². The van der Waals surface area contributed by atoms with E-state index in [1.165, 1.54) is 26.5 Å². The normalized spacial score (nSPS) is 10.5. The van der Waals surface area contributed by atoms with Gasteiger partial charge < -0.3 is 19.5 Å². The SMILES string of the molecule is COc1ccc(C(=O)Oc2ccc(/C=N/NC(=O)CNC(=O)c3ccccc3Br)cc2)cc1OC. The number of hydrogen-bond acceptors (Lipinski definition) is 7. The van der Waals surface area contributed by atoms with E-state index >= 15 is 0 Å². The van der Waals surface area contributed by atoms with Crippen LogP contribution in [0.1, 0.15) is 26.3 Å². The van der Waals surface area contributed by atoms with Crippen LogP contribution in [0, 0.1) is 0 Å². The molecule has 3 aromatic rings. The van der Waals surface area contributed by atoms with Crippen LogP contribution in [-0.4, -0.2) is 44.8 Å². The van der Waals surface area contributed by atoms with Gasteiger partial charge in [-0.3, -0.25) is 9.59 Å². The van der Waals surface area contributed by atoms with Crippen LogP contribution in [0.15, 0.2) is 76.3 Å². The number of carbonyl (C=O) groups is 3. The van der Waals surface area contributed by atoms with Crippen molar-refractivity contribution in [1.82, 2.24) is 10.7 Å². The molecular weight excluding hydrogens is 518 g/mol. The number of rotatable bonds is 9. The zero-order valence-corrected chi connectivity index (χ0v) is 20.5. The second-order valence-electron chi connectivity index (χ2n) is 6.98. The maximum Gasteiger partial charge on any atom is 0.343 e. The van der Waals surface area contributed by atoms with Gasteiger partial charge in [0, 0.05) is 4.47 Å². The Hall–Kier alpha value is -4.18. The molecule has 0 aliphatic carbocycles. The van der Waals surface area contributed by atoms with Gasteiger partial charge in [0.2, 0.25) is 0 Å². The molecule has 3 rings (SSSR count). The number of hydrogen-bond donors (Lipinski definition) is 2. The van der Waals surface area contributed by atoms with Gasteiger partial charge in [0.1, 0.15) is 5.75 Å². The first-order valence-electron chi connectivity index (χ1n) is 10.3. The van der Waals surface area contributed by atoms with Gasteiger partial charge in [0.05, 0.1) is 38.1 Å². The summed E-state index contributed by atoms with van der Waals surface area (Å²) in [6.07, 6.45) is 1.42. The minimum Gasteiger partial charge on any atom is -0.493 e. The number of amides is 2. The minimum absolute atomic E-state index is 0.234. The zero-order chi connectivity index (χ0) is 25.2. The van der Waals surface area contributed by atoms with Crippen LogP contribution in [0.4, 0.5) is 0 Å². The Labute approximate surface area is 210 Å². The Morgan fingerprint density at radius 2 is 1.66 bits per heavy atom. The smallest absolute Gasteiger partial charge is 0.343 e. The van der Waals surface area contributed by atoms with Crippen LogP contribution in [-0.2, 0) is 4.79 Å². The molecule has 0 radical (unpaired) electrons. The molecule has 0 aliphatic heterocycles. The van der Waals surface area contributed by atoms with Crippen LogP contribution >= 0.6 is 15.9 Å². The summed E-state index contributed by atoms with van der Waals surface area (Å²) in [4.78, 5) is 36.4. The van der Waals surface area contributed by atoms with E-state index in [2.05, 4.69) is 31.8 Å². The van der Waals surface area contributed by atoms with E-state index in [1.807, 2.05) is 0 Å². The van der Waals surface area contributed by atoms with Crippen LogP contribution in [0.25, 0.3) is 0 Å². The summed E-state index contributed by atoms with van der Waals surface area (Å²) >= 11 is 3.29. The highest BCUT2D eigenvalue weighted by Crippen LogP contribution is 2.28. The van der Waals surface area contributed by atoms with Crippen LogP contribution in [0.5, 0.6) is 17.2 Å². The maximum absolute atomic E-state index is 12.4. The molecule has 0 saturated heterocycles. The van der Waals surface area contributed by atoms with E-state index in [0.717, 1.165) is 0 Å². The van der Waals surface area contributed by atoms with Crippen molar-refractivity contribution in [3.63, 3.8) is 0 Å². The molecule has 0 spiro atoms. The number of halogens is 1. The number of nitrogens with one attached hydrogen (secondary N) is 2. The van der Waals surface area contributed by atoms with E-state index in [4.69, 9.17) is 14.2 Å². The number of carbonyl (C=O) groups excluding carboxylic acids is 3. The molecule has 0 aromatic heterocycles. The Bertz CT molecular complexity index is 1240. The second kappa shape index (κ2) is 12.3. The third kappa shape index (κ3) is 7.15.